The van der Waals surface area contributed by atoms with Gasteiger partial charge in [-0.25, -0.2) is 0 Å². The fraction of sp³-hybridized carbons (Fsp3) is 0.350. The first kappa shape index (κ1) is 16.1. The quantitative estimate of drug-likeness (QED) is 0.775. The normalized spacial score (nSPS) is 20.3. The Morgan fingerprint density at radius 1 is 1.04 bits per heavy atom. The lowest BCUT2D eigenvalue weighted by Crippen LogP contribution is -2.43. The molecule has 2 aromatic carbocycles. The van der Waals surface area contributed by atoms with Gasteiger partial charge in [0.2, 0.25) is 5.91 Å². The monoisotopic (exact) mass is 327 g/mol. The van der Waals surface area contributed by atoms with Gasteiger partial charge in [-0.3, -0.25) is 4.79 Å². The minimum Gasteiger partial charge on any atom is -0.339 e. The number of nitrogens with zero attached hydrogens (tertiary/aromatic N) is 1. The molecule has 120 valence electrons. The largest absolute Gasteiger partial charge is 0.339 e. The summed E-state index contributed by atoms with van der Waals surface area (Å²) in [6.07, 6.45) is 0. The van der Waals surface area contributed by atoms with Gasteiger partial charge in [0.05, 0.1) is 0 Å². The molecular formula is C20H22ClNO. The van der Waals surface area contributed by atoms with E-state index in [0.29, 0.717) is 12.4 Å². The summed E-state index contributed by atoms with van der Waals surface area (Å²) < 4.78 is 0. The SMILES string of the molecule is CC(C)N1CC(CCl)C(c2ccccc2)(c2ccccc2)C1=O. The number of benzene rings is 2. The number of rotatable bonds is 4. The van der Waals surface area contributed by atoms with E-state index in [-0.39, 0.29) is 17.9 Å². The van der Waals surface area contributed by atoms with Crippen LogP contribution >= 0.6 is 11.6 Å². The van der Waals surface area contributed by atoms with Gasteiger partial charge in [-0.05, 0) is 25.0 Å². The third kappa shape index (κ3) is 2.46. The number of carbonyl (C=O) groups is 1. The van der Waals surface area contributed by atoms with Gasteiger partial charge in [-0.15, -0.1) is 11.6 Å². The Labute approximate surface area is 143 Å². The number of alkyl halides is 1. The van der Waals surface area contributed by atoms with Gasteiger partial charge in [-0.1, -0.05) is 60.7 Å². The first-order valence-corrected chi connectivity index (χ1v) is 8.64. The molecule has 1 atom stereocenters. The van der Waals surface area contributed by atoms with Crippen molar-refractivity contribution < 1.29 is 4.79 Å². The number of amides is 1. The molecule has 0 saturated carbocycles. The minimum absolute atomic E-state index is 0.0591. The molecule has 1 aliphatic heterocycles. The van der Waals surface area contributed by atoms with E-state index in [0.717, 1.165) is 11.1 Å². The Morgan fingerprint density at radius 2 is 1.52 bits per heavy atom. The van der Waals surface area contributed by atoms with Gasteiger partial charge in [0, 0.05) is 24.4 Å². The summed E-state index contributed by atoms with van der Waals surface area (Å²) in [7, 11) is 0. The Kier molecular flexibility index (Phi) is 4.45. The molecule has 1 amide bonds. The van der Waals surface area contributed by atoms with Crippen LogP contribution in [0.25, 0.3) is 0 Å². The van der Waals surface area contributed by atoms with Crippen LogP contribution in [0.5, 0.6) is 0 Å². The standard InChI is InChI=1S/C20H22ClNO/c1-15(2)22-14-18(13-21)20(19(22)23,16-9-5-3-6-10-16)17-11-7-4-8-12-17/h3-12,15,18H,13-14H2,1-2H3. The van der Waals surface area contributed by atoms with Gasteiger partial charge in [0.15, 0.2) is 0 Å². The van der Waals surface area contributed by atoms with Crippen LogP contribution in [0, 0.1) is 5.92 Å². The smallest absolute Gasteiger partial charge is 0.238 e. The molecule has 0 aliphatic carbocycles. The Hall–Kier alpha value is -1.80. The summed E-state index contributed by atoms with van der Waals surface area (Å²) in [6, 6.07) is 20.3. The van der Waals surface area contributed by atoms with Crippen LogP contribution in [0.3, 0.4) is 0 Å². The second-order valence-corrected chi connectivity index (χ2v) is 6.75. The van der Waals surface area contributed by atoms with Crippen LogP contribution in [-0.2, 0) is 10.2 Å². The summed E-state index contributed by atoms with van der Waals surface area (Å²) in [5.41, 5.74) is 1.38. The van der Waals surface area contributed by atoms with Crippen LogP contribution in [0.1, 0.15) is 25.0 Å². The molecule has 1 aliphatic rings. The molecule has 2 nitrogen and oxygen atoms in total. The molecule has 3 heteroatoms. The zero-order valence-corrected chi connectivity index (χ0v) is 14.3. The van der Waals surface area contributed by atoms with E-state index in [4.69, 9.17) is 11.6 Å². The van der Waals surface area contributed by atoms with Crippen molar-refractivity contribution in [3.63, 3.8) is 0 Å². The van der Waals surface area contributed by atoms with Gasteiger partial charge in [-0.2, -0.15) is 0 Å². The van der Waals surface area contributed by atoms with Crippen molar-refractivity contribution in [3.8, 4) is 0 Å². The van der Waals surface area contributed by atoms with Crippen LogP contribution in [0.4, 0.5) is 0 Å². The van der Waals surface area contributed by atoms with Gasteiger partial charge < -0.3 is 4.90 Å². The van der Waals surface area contributed by atoms with E-state index in [1.165, 1.54) is 0 Å². The van der Waals surface area contributed by atoms with Crippen molar-refractivity contribution in [1.29, 1.82) is 0 Å². The van der Waals surface area contributed by atoms with Crippen molar-refractivity contribution in [2.45, 2.75) is 25.3 Å². The maximum Gasteiger partial charge on any atom is 0.238 e. The lowest BCUT2D eigenvalue weighted by Gasteiger charge is -2.33. The molecule has 1 heterocycles. The number of carbonyl (C=O) groups excluding carboxylic acids is 1. The fourth-order valence-electron chi connectivity index (χ4n) is 3.76. The first-order valence-electron chi connectivity index (χ1n) is 8.10. The molecule has 3 rings (SSSR count). The molecule has 1 saturated heterocycles. The van der Waals surface area contributed by atoms with Crippen molar-refractivity contribution in [3.05, 3.63) is 71.8 Å². The Balaban J connectivity index is 2.26. The Morgan fingerprint density at radius 3 is 1.91 bits per heavy atom. The molecule has 2 aromatic rings. The van der Waals surface area contributed by atoms with E-state index < -0.39 is 5.41 Å². The molecule has 0 N–H and O–H groups in total. The van der Waals surface area contributed by atoms with E-state index in [1.807, 2.05) is 65.6 Å². The van der Waals surface area contributed by atoms with Crippen LogP contribution in [0.2, 0.25) is 0 Å². The third-order valence-corrected chi connectivity index (χ3v) is 5.27. The number of hydrogen-bond acceptors (Lipinski definition) is 1. The average molecular weight is 328 g/mol. The molecular weight excluding hydrogens is 306 g/mol. The second kappa shape index (κ2) is 6.37. The topological polar surface area (TPSA) is 20.3 Å². The zero-order valence-electron chi connectivity index (χ0n) is 13.6. The van der Waals surface area contributed by atoms with E-state index in [9.17, 15) is 4.79 Å². The maximum atomic E-state index is 13.5. The van der Waals surface area contributed by atoms with Crippen LogP contribution in [0.15, 0.2) is 60.7 Å². The van der Waals surface area contributed by atoms with Gasteiger partial charge >= 0.3 is 0 Å². The van der Waals surface area contributed by atoms with E-state index >= 15 is 0 Å². The number of likely N-dealkylation sites (tertiary alicyclic amines) is 1. The molecule has 23 heavy (non-hydrogen) atoms. The summed E-state index contributed by atoms with van der Waals surface area (Å²) in [5, 5.41) is 0. The van der Waals surface area contributed by atoms with E-state index in [1.54, 1.807) is 0 Å². The summed E-state index contributed by atoms with van der Waals surface area (Å²) in [4.78, 5) is 15.5. The highest BCUT2D eigenvalue weighted by atomic mass is 35.5. The lowest BCUT2D eigenvalue weighted by atomic mass is 9.68. The van der Waals surface area contributed by atoms with Gasteiger partial charge in [0.25, 0.3) is 0 Å². The average Bonchev–Trinajstić information content (AvgIpc) is 2.90. The highest BCUT2D eigenvalue weighted by molar-refractivity contribution is 6.18. The van der Waals surface area contributed by atoms with Crippen LogP contribution < -0.4 is 0 Å². The maximum absolute atomic E-state index is 13.5. The van der Waals surface area contributed by atoms with Crippen molar-refractivity contribution in [2.24, 2.45) is 5.92 Å². The predicted molar refractivity (Wildman–Crippen MR) is 94.7 cm³/mol. The summed E-state index contributed by atoms with van der Waals surface area (Å²) in [6.45, 7) is 4.83. The zero-order chi connectivity index (χ0) is 16.4. The molecule has 0 radical (unpaired) electrons. The highest BCUT2D eigenvalue weighted by Gasteiger charge is 2.56. The van der Waals surface area contributed by atoms with Crippen LogP contribution in [-0.4, -0.2) is 29.3 Å². The van der Waals surface area contributed by atoms with E-state index in [2.05, 4.69) is 13.8 Å². The number of hydrogen-bond donors (Lipinski definition) is 0. The molecule has 0 spiro atoms. The predicted octanol–water partition coefficient (Wildman–Crippen LogP) is 4.08. The molecule has 1 unspecified atom stereocenters. The van der Waals surface area contributed by atoms with Crippen molar-refractivity contribution in [2.75, 3.05) is 12.4 Å². The first-order chi connectivity index (χ1) is 11.1. The molecule has 0 aromatic heterocycles. The molecule has 1 fully saturated rings. The lowest BCUT2D eigenvalue weighted by molar-refractivity contribution is -0.132. The minimum atomic E-state index is -0.686. The number of halogens is 1. The summed E-state index contributed by atoms with van der Waals surface area (Å²) >= 11 is 6.35. The van der Waals surface area contributed by atoms with Crippen molar-refractivity contribution in [1.82, 2.24) is 4.90 Å². The highest BCUT2D eigenvalue weighted by Crippen LogP contribution is 2.46. The second-order valence-electron chi connectivity index (χ2n) is 6.44. The van der Waals surface area contributed by atoms with Gasteiger partial charge in [0.1, 0.15) is 5.41 Å². The fourth-order valence-corrected chi connectivity index (χ4v) is 4.08. The Bertz CT molecular complexity index is 629. The third-order valence-electron chi connectivity index (χ3n) is 4.90. The molecule has 0 bridgehead atoms. The summed E-state index contributed by atoms with van der Waals surface area (Å²) in [5.74, 6) is 0.679. The van der Waals surface area contributed by atoms with Crippen molar-refractivity contribution >= 4 is 17.5 Å².